The predicted molar refractivity (Wildman–Crippen MR) is 80.4 cm³/mol. The maximum atomic E-state index is 4.07. The molecule has 0 bridgehead atoms. The van der Waals surface area contributed by atoms with Gasteiger partial charge in [0.05, 0.1) is 0 Å². The Morgan fingerprint density at radius 3 is 2.11 bits per heavy atom. The fourth-order valence-corrected chi connectivity index (χ4v) is 2.55. The van der Waals surface area contributed by atoms with Crippen molar-refractivity contribution in [1.82, 2.24) is 10.3 Å². The van der Waals surface area contributed by atoms with Crippen molar-refractivity contribution < 1.29 is 0 Å². The maximum Gasteiger partial charge on any atom is 0.0270 e. The van der Waals surface area contributed by atoms with E-state index in [9.17, 15) is 0 Å². The number of nitrogens with zero attached hydrogens (tertiary/aromatic N) is 1. The molecule has 1 unspecified atom stereocenters. The second-order valence-corrected chi connectivity index (χ2v) is 5.25. The molecule has 0 radical (unpaired) electrons. The van der Waals surface area contributed by atoms with Crippen LogP contribution in [0.15, 0.2) is 42.7 Å². The van der Waals surface area contributed by atoms with E-state index in [0.717, 1.165) is 12.8 Å². The van der Waals surface area contributed by atoms with Crippen molar-refractivity contribution in [3.63, 3.8) is 0 Å². The molecule has 2 aromatic rings. The smallest absolute Gasteiger partial charge is 0.0270 e. The zero-order chi connectivity index (χ0) is 13.7. The first kappa shape index (κ1) is 13.8. The fraction of sp³-hybridized carbons (Fsp3) is 0.353. The number of rotatable bonds is 5. The van der Waals surface area contributed by atoms with E-state index < -0.39 is 0 Å². The van der Waals surface area contributed by atoms with Crippen LogP contribution in [0.5, 0.6) is 0 Å². The zero-order valence-corrected chi connectivity index (χ0v) is 12.0. The van der Waals surface area contributed by atoms with E-state index in [-0.39, 0.29) is 0 Å². The summed E-state index contributed by atoms with van der Waals surface area (Å²) in [4.78, 5) is 4.07. The quantitative estimate of drug-likeness (QED) is 0.887. The van der Waals surface area contributed by atoms with Crippen LogP contribution < -0.4 is 5.32 Å². The van der Waals surface area contributed by atoms with Crippen LogP contribution in [0.25, 0.3) is 0 Å². The molecule has 1 aromatic carbocycles. The Hall–Kier alpha value is -1.67. The molecule has 0 aliphatic carbocycles. The van der Waals surface area contributed by atoms with Crippen LogP contribution >= 0.6 is 0 Å². The molecular formula is C17H22N2. The number of aryl methyl sites for hydroxylation is 2. The molecule has 0 fully saturated rings. The average Bonchev–Trinajstić information content (AvgIpc) is 2.38. The van der Waals surface area contributed by atoms with Crippen molar-refractivity contribution in [3.05, 3.63) is 65.0 Å². The number of likely N-dealkylation sites (N-methyl/N-ethyl adjacent to an activating group) is 1. The van der Waals surface area contributed by atoms with E-state index >= 15 is 0 Å². The number of hydrogen-bond acceptors (Lipinski definition) is 2. The van der Waals surface area contributed by atoms with Gasteiger partial charge in [0.25, 0.3) is 0 Å². The summed E-state index contributed by atoms with van der Waals surface area (Å²) in [5.41, 5.74) is 5.42. The van der Waals surface area contributed by atoms with E-state index in [2.05, 4.69) is 54.5 Å². The number of pyridine rings is 1. The summed E-state index contributed by atoms with van der Waals surface area (Å²) in [6, 6.07) is 11.4. The standard InChI is InChI=1S/C17H22N2/c1-13-8-14(2)10-16(9-13)12-17(18-3)11-15-4-6-19-7-5-15/h4-10,17-18H,11-12H2,1-3H3. The first-order chi connectivity index (χ1) is 9.17. The zero-order valence-electron chi connectivity index (χ0n) is 12.0. The third-order valence-corrected chi connectivity index (χ3v) is 3.40. The normalized spacial score (nSPS) is 12.4. The Morgan fingerprint density at radius 2 is 1.53 bits per heavy atom. The minimum absolute atomic E-state index is 0.462. The molecule has 0 saturated heterocycles. The number of nitrogens with one attached hydrogen (secondary N) is 1. The lowest BCUT2D eigenvalue weighted by molar-refractivity contribution is 0.556. The van der Waals surface area contributed by atoms with Gasteiger partial charge in [0, 0.05) is 18.4 Å². The summed E-state index contributed by atoms with van der Waals surface area (Å²) in [5, 5.41) is 3.42. The van der Waals surface area contributed by atoms with E-state index in [4.69, 9.17) is 0 Å². The molecule has 1 atom stereocenters. The number of hydrogen-bond donors (Lipinski definition) is 1. The van der Waals surface area contributed by atoms with Crippen molar-refractivity contribution in [3.8, 4) is 0 Å². The Morgan fingerprint density at radius 1 is 0.947 bits per heavy atom. The average molecular weight is 254 g/mol. The summed E-state index contributed by atoms with van der Waals surface area (Å²) in [5.74, 6) is 0. The van der Waals surface area contributed by atoms with Gasteiger partial charge in [-0.3, -0.25) is 4.98 Å². The SMILES string of the molecule is CNC(Cc1ccncc1)Cc1cc(C)cc(C)c1. The van der Waals surface area contributed by atoms with E-state index in [1.165, 1.54) is 22.3 Å². The molecule has 0 saturated carbocycles. The van der Waals surface area contributed by atoms with Gasteiger partial charge in [-0.25, -0.2) is 0 Å². The van der Waals surface area contributed by atoms with Gasteiger partial charge in [0.1, 0.15) is 0 Å². The Balaban J connectivity index is 2.06. The van der Waals surface area contributed by atoms with Crippen molar-refractivity contribution >= 4 is 0 Å². The van der Waals surface area contributed by atoms with Crippen LogP contribution in [-0.4, -0.2) is 18.1 Å². The molecule has 0 aliphatic rings. The van der Waals surface area contributed by atoms with Crippen molar-refractivity contribution in [2.45, 2.75) is 32.7 Å². The predicted octanol–water partition coefficient (Wildman–Crippen LogP) is 3.07. The minimum Gasteiger partial charge on any atom is -0.316 e. The van der Waals surface area contributed by atoms with Gasteiger partial charge in [-0.15, -0.1) is 0 Å². The van der Waals surface area contributed by atoms with E-state index in [0.29, 0.717) is 6.04 Å². The van der Waals surface area contributed by atoms with Gasteiger partial charge in [0.2, 0.25) is 0 Å². The van der Waals surface area contributed by atoms with Crippen molar-refractivity contribution in [2.75, 3.05) is 7.05 Å². The Bertz CT molecular complexity index is 500. The van der Waals surface area contributed by atoms with E-state index in [1.807, 2.05) is 19.4 Å². The summed E-state index contributed by atoms with van der Waals surface area (Å²) in [6.07, 6.45) is 5.81. The third kappa shape index (κ3) is 4.18. The summed E-state index contributed by atoms with van der Waals surface area (Å²) < 4.78 is 0. The molecule has 2 rings (SSSR count). The van der Waals surface area contributed by atoms with Gasteiger partial charge < -0.3 is 5.32 Å². The minimum atomic E-state index is 0.462. The fourth-order valence-electron chi connectivity index (χ4n) is 2.55. The van der Waals surface area contributed by atoms with Crippen LogP contribution in [0.1, 0.15) is 22.3 Å². The number of benzene rings is 1. The lowest BCUT2D eigenvalue weighted by Gasteiger charge is -2.17. The maximum absolute atomic E-state index is 4.07. The lowest BCUT2D eigenvalue weighted by Crippen LogP contribution is -2.29. The molecule has 0 amide bonds. The molecule has 2 heteroatoms. The van der Waals surface area contributed by atoms with Gasteiger partial charge in [-0.2, -0.15) is 0 Å². The Kier molecular flexibility index (Phi) is 4.69. The highest BCUT2D eigenvalue weighted by atomic mass is 14.9. The number of aromatic nitrogens is 1. The topological polar surface area (TPSA) is 24.9 Å². The first-order valence-corrected chi connectivity index (χ1v) is 6.80. The van der Waals surface area contributed by atoms with Crippen LogP contribution in [-0.2, 0) is 12.8 Å². The molecule has 0 aliphatic heterocycles. The third-order valence-electron chi connectivity index (χ3n) is 3.40. The lowest BCUT2D eigenvalue weighted by atomic mass is 9.97. The molecule has 0 spiro atoms. The molecule has 1 heterocycles. The summed E-state index contributed by atoms with van der Waals surface area (Å²) in [6.45, 7) is 4.32. The van der Waals surface area contributed by atoms with Crippen LogP contribution in [0.3, 0.4) is 0 Å². The van der Waals surface area contributed by atoms with Crippen molar-refractivity contribution in [1.29, 1.82) is 0 Å². The molecular weight excluding hydrogens is 232 g/mol. The molecule has 1 aromatic heterocycles. The largest absolute Gasteiger partial charge is 0.316 e. The molecule has 19 heavy (non-hydrogen) atoms. The van der Waals surface area contributed by atoms with Gasteiger partial charge in [-0.05, 0) is 57.0 Å². The highest BCUT2D eigenvalue weighted by Gasteiger charge is 2.09. The van der Waals surface area contributed by atoms with Crippen LogP contribution in [0.4, 0.5) is 0 Å². The van der Waals surface area contributed by atoms with Crippen LogP contribution in [0.2, 0.25) is 0 Å². The highest BCUT2D eigenvalue weighted by Crippen LogP contribution is 2.13. The second kappa shape index (κ2) is 6.48. The van der Waals surface area contributed by atoms with Crippen molar-refractivity contribution in [2.24, 2.45) is 0 Å². The van der Waals surface area contributed by atoms with Gasteiger partial charge >= 0.3 is 0 Å². The first-order valence-electron chi connectivity index (χ1n) is 6.80. The molecule has 2 nitrogen and oxygen atoms in total. The van der Waals surface area contributed by atoms with Gasteiger partial charge in [0.15, 0.2) is 0 Å². The molecule has 1 N–H and O–H groups in total. The summed E-state index contributed by atoms with van der Waals surface area (Å²) in [7, 11) is 2.04. The van der Waals surface area contributed by atoms with Crippen LogP contribution in [0, 0.1) is 13.8 Å². The summed E-state index contributed by atoms with van der Waals surface area (Å²) >= 11 is 0. The Labute approximate surface area is 115 Å². The molecule has 100 valence electrons. The highest BCUT2D eigenvalue weighted by molar-refractivity contribution is 5.29. The second-order valence-electron chi connectivity index (χ2n) is 5.25. The monoisotopic (exact) mass is 254 g/mol. The van der Waals surface area contributed by atoms with Gasteiger partial charge in [-0.1, -0.05) is 29.3 Å². The van der Waals surface area contributed by atoms with E-state index in [1.54, 1.807) is 0 Å².